The molecule has 1 saturated heterocycles. The number of nitrogens with one attached hydrogen (secondary N) is 2. The van der Waals surface area contributed by atoms with Gasteiger partial charge in [-0.15, -0.1) is 0 Å². The second-order valence-corrected chi connectivity index (χ2v) is 19.6. The van der Waals surface area contributed by atoms with Gasteiger partial charge in [-0.3, -0.25) is 32.5 Å². The van der Waals surface area contributed by atoms with Crippen LogP contribution in [0.1, 0.15) is 71.9 Å². The predicted octanol–water partition coefficient (Wildman–Crippen LogP) is 2.14. The van der Waals surface area contributed by atoms with Gasteiger partial charge in [-0.2, -0.15) is 4.31 Å². The van der Waals surface area contributed by atoms with Crippen LogP contribution in [0.5, 0.6) is 0 Å². The minimum absolute atomic E-state index is 0.0306. The molecule has 28 heteroatoms. The molecule has 61 heavy (non-hydrogen) atoms. The molecule has 0 bridgehead atoms. The first kappa shape index (κ1) is 52.4. The number of allylic oxidation sites excluding steroid dienone is 4. The molecule has 1 aliphatic rings. The van der Waals surface area contributed by atoms with E-state index in [1.165, 1.54) is 26.7 Å². The van der Waals surface area contributed by atoms with Gasteiger partial charge < -0.3 is 50.9 Å². The predicted molar refractivity (Wildman–Crippen MR) is 219 cm³/mol. The summed E-state index contributed by atoms with van der Waals surface area (Å²) in [4.78, 5) is 87.9. The zero-order valence-corrected chi connectivity index (χ0v) is 37.1. The minimum Gasteiger partial charge on any atom is -0.386 e. The van der Waals surface area contributed by atoms with E-state index in [4.69, 9.17) is 19.5 Å². The highest BCUT2D eigenvalue weighted by atomic mass is 32.2. The fraction of sp³-hybridized carbons (Fsp3) is 0.636. The third kappa shape index (κ3) is 18.0. The third-order valence-electron chi connectivity index (χ3n) is 8.63. The Morgan fingerprint density at radius 3 is 2.43 bits per heavy atom. The summed E-state index contributed by atoms with van der Waals surface area (Å²) in [5.74, 6) is -1.11. The van der Waals surface area contributed by atoms with Gasteiger partial charge >= 0.3 is 23.5 Å². The first-order chi connectivity index (χ1) is 28.6. The van der Waals surface area contributed by atoms with Crippen LogP contribution in [0.3, 0.4) is 0 Å². The number of carbonyl (C=O) groups is 3. The average molecular weight is 946 g/mol. The van der Waals surface area contributed by atoms with Crippen molar-refractivity contribution in [2.75, 3.05) is 37.8 Å². The first-order valence-electron chi connectivity index (χ1n) is 18.9. The molecule has 0 saturated carbocycles. The number of anilines is 1. The van der Waals surface area contributed by atoms with Crippen molar-refractivity contribution in [1.82, 2.24) is 30.2 Å². The van der Waals surface area contributed by atoms with Crippen LogP contribution in [0.25, 0.3) is 11.2 Å². The summed E-state index contributed by atoms with van der Waals surface area (Å²) in [6.45, 7) is 2.65. The van der Waals surface area contributed by atoms with Crippen LogP contribution in [0.15, 0.2) is 37.0 Å². The number of nitrogens with two attached hydrogens (primary N) is 1. The second kappa shape index (κ2) is 24.2. The van der Waals surface area contributed by atoms with Crippen molar-refractivity contribution < 1.29 is 80.5 Å². The lowest BCUT2D eigenvalue weighted by molar-refractivity contribution is -0.137. The van der Waals surface area contributed by atoms with Gasteiger partial charge in [0.15, 0.2) is 22.8 Å². The lowest BCUT2D eigenvalue weighted by atomic mass is 9.87. The van der Waals surface area contributed by atoms with Crippen molar-refractivity contribution >= 4 is 69.1 Å². The molecule has 10 N–H and O–H groups in total. The first-order valence-corrected chi connectivity index (χ1v) is 24.4. The number of aliphatic hydroxyl groups excluding tert-OH is 2. The molecule has 0 aromatic carbocycles. The average Bonchev–Trinajstić information content (AvgIpc) is 3.73. The molecule has 24 nitrogen and oxygen atoms in total. The van der Waals surface area contributed by atoms with Gasteiger partial charge in [-0.25, -0.2) is 28.6 Å². The van der Waals surface area contributed by atoms with Crippen LogP contribution in [0.4, 0.5) is 5.82 Å². The zero-order chi connectivity index (χ0) is 45.4. The Morgan fingerprint density at radius 1 is 1.02 bits per heavy atom. The Labute approximate surface area is 355 Å². The fourth-order valence-corrected chi connectivity index (χ4v) is 8.91. The topological polar surface area (TPSA) is 364 Å². The van der Waals surface area contributed by atoms with Crippen LogP contribution in [0.2, 0.25) is 0 Å². The second-order valence-electron chi connectivity index (χ2n) is 14.2. The van der Waals surface area contributed by atoms with E-state index in [9.17, 15) is 57.9 Å². The van der Waals surface area contributed by atoms with Crippen LogP contribution >= 0.6 is 35.2 Å². The summed E-state index contributed by atoms with van der Waals surface area (Å²) in [5.41, 5.74) is 4.27. The van der Waals surface area contributed by atoms with E-state index >= 15 is 0 Å². The highest BCUT2D eigenvalue weighted by molar-refractivity contribution is 8.13. The quantitative estimate of drug-likeness (QED) is 0.0352. The van der Waals surface area contributed by atoms with Crippen LogP contribution < -0.4 is 16.4 Å². The number of nitrogens with zero attached hydrogens (tertiary/aromatic N) is 4. The van der Waals surface area contributed by atoms with E-state index in [0.717, 1.165) is 48.2 Å². The van der Waals surface area contributed by atoms with Crippen molar-refractivity contribution in [3.63, 3.8) is 0 Å². The third-order valence-corrected chi connectivity index (χ3v) is 12.6. The molecular formula is C33H54N7O17P3S. The number of carbonyl (C=O) groups excluding carboxylic acids is 3. The number of hydrogen-bond acceptors (Lipinski definition) is 18. The summed E-state index contributed by atoms with van der Waals surface area (Å²) in [6, 6.07) is 0. The number of fused-ring (bicyclic) bond motifs is 1. The molecule has 2 unspecified atom stereocenters. The maximum absolute atomic E-state index is 12.7. The summed E-state index contributed by atoms with van der Waals surface area (Å²) < 4.78 is 62.2. The highest BCUT2D eigenvalue weighted by Crippen LogP contribution is 2.61. The molecule has 0 radical (unpaired) electrons. The standard InChI is InChI=1S/C33H54N7O17P3S/c1-4-5-6-7-8-9-10-11-12-13-24(42)61-17-16-35-23(41)14-15-36-31(45)28(44)33(2,3)19-54-60(51,52)57-59(49,50)53-18-22-27(56-58(46,47)48)26(43)32(55-22)40-21-39-25-29(34)37-20-38-30(25)40/h8-9,11-12,20-22,26-28,32,43-44H,4-7,10,13-19H2,1-3H3,(H,35,41)(H,36,45)(H,49,50)(H,51,52)(H2,34,37,38)(H2,46,47,48)/b9-8-,12-11-/t22-,26-,27-,28+,32-/m1/s1. The zero-order valence-electron chi connectivity index (χ0n) is 33.6. The Hall–Kier alpha value is -2.96. The van der Waals surface area contributed by atoms with Crippen molar-refractivity contribution in [3.05, 3.63) is 37.0 Å². The lowest BCUT2D eigenvalue weighted by Crippen LogP contribution is -2.46. The van der Waals surface area contributed by atoms with E-state index < -0.39 is 84.6 Å². The van der Waals surface area contributed by atoms with Crippen molar-refractivity contribution in [1.29, 1.82) is 0 Å². The molecule has 0 aliphatic carbocycles. The number of nitrogen functional groups attached to an aromatic ring is 1. The van der Waals surface area contributed by atoms with Crippen molar-refractivity contribution in [3.8, 4) is 0 Å². The van der Waals surface area contributed by atoms with Gasteiger partial charge in [0.05, 0.1) is 19.5 Å². The summed E-state index contributed by atoms with van der Waals surface area (Å²) in [6.07, 6.45) is 6.62. The fourth-order valence-electron chi connectivity index (χ4n) is 5.43. The number of aliphatic hydroxyl groups is 2. The molecule has 2 aromatic rings. The number of amides is 2. The van der Waals surface area contributed by atoms with Crippen molar-refractivity contribution in [2.45, 2.75) is 96.4 Å². The van der Waals surface area contributed by atoms with Gasteiger partial charge in [0.25, 0.3) is 0 Å². The van der Waals surface area contributed by atoms with Gasteiger partial charge in [0.1, 0.15) is 36.3 Å². The lowest BCUT2D eigenvalue weighted by Gasteiger charge is -2.30. The Balaban J connectivity index is 1.40. The van der Waals surface area contributed by atoms with Gasteiger partial charge in [-0.1, -0.05) is 69.7 Å². The molecular weight excluding hydrogens is 891 g/mol. The molecule has 1 fully saturated rings. The number of aromatic nitrogens is 4. The van der Waals surface area contributed by atoms with E-state index in [-0.39, 0.29) is 48.0 Å². The number of unbranched alkanes of at least 4 members (excludes halogenated alkanes) is 3. The van der Waals surface area contributed by atoms with Crippen LogP contribution in [0, 0.1) is 5.41 Å². The number of ether oxygens (including phenoxy) is 1. The summed E-state index contributed by atoms with van der Waals surface area (Å²) >= 11 is 1.08. The number of thioether (sulfide) groups is 1. The van der Waals surface area contributed by atoms with E-state index in [2.05, 4.69) is 53.5 Å². The summed E-state index contributed by atoms with van der Waals surface area (Å²) in [7, 11) is -16.4. The molecule has 3 rings (SSSR count). The number of imidazole rings is 1. The Bertz CT molecular complexity index is 1980. The van der Waals surface area contributed by atoms with Crippen molar-refractivity contribution in [2.24, 2.45) is 5.41 Å². The van der Waals surface area contributed by atoms with E-state index in [1.807, 2.05) is 6.08 Å². The van der Waals surface area contributed by atoms with Gasteiger partial charge in [0, 0.05) is 37.1 Å². The van der Waals surface area contributed by atoms with E-state index in [0.29, 0.717) is 5.75 Å². The van der Waals surface area contributed by atoms with Crippen LogP contribution in [-0.4, -0.2) is 123 Å². The normalized spacial score (nSPS) is 21.1. The van der Waals surface area contributed by atoms with Crippen LogP contribution in [-0.2, 0) is 50.7 Å². The minimum atomic E-state index is -5.57. The number of rotatable bonds is 27. The van der Waals surface area contributed by atoms with Gasteiger partial charge in [-0.05, 0) is 19.3 Å². The summed E-state index contributed by atoms with van der Waals surface area (Å²) in [5, 5.41) is 26.4. The maximum atomic E-state index is 12.7. The molecule has 0 spiro atoms. The maximum Gasteiger partial charge on any atom is 0.481 e. The molecule has 7 atom stereocenters. The number of hydrogen-bond donors (Lipinski definition) is 9. The number of phosphoric ester groups is 3. The smallest absolute Gasteiger partial charge is 0.386 e. The molecule has 344 valence electrons. The molecule has 3 heterocycles. The Kier molecular flexibility index (Phi) is 20.8. The van der Waals surface area contributed by atoms with Gasteiger partial charge in [0.2, 0.25) is 11.8 Å². The molecule has 2 aromatic heterocycles. The Morgan fingerprint density at radius 2 is 1.72 bits per heavy atom. The largest absolute Gasteiger partial charge is 0.481 e. The highest BCUT2D eigenvalue weighted by Gasteiger charge is 2.50. The van der Waals surface area contributed by atoms with E-state index in [1.54, 1.807) is 6.08 Å². The monoisotopic (exact) mass is 945 g/mol. The SMILES string of the molecule is CCCCC/C=C\C/C=C\CC(=O)SCCNC(=O)CCNC(=O)[C@H](O)C(C)(C)COP(=O)(O)OP(=O)(O)OC[C@H]1O[C@@H](n2cnc3c(N)ncnc32)[C@H](O)[C@@H]1OP(=O)(O)O. The number of phosphoric acid groups is 3. The molecule has 1 aliphatic heterocycles. The molecule has 2 amide bonds.